The maximum atomic E-state index is 13.2. The third kappa shape index (κ3) is 1.91. The zero-order chi connectivity index (χ0) is 18.7. The van der Waals surface area contributed by atoms with Crippen molar-refractivity contribution in [1.82, 2.24) is 0 Å². The van der Waals surface area contributed by atoms with E-state index >= 15 is 0 Å². The summed E-state index contributed by atoms with van der Waals surface area (Å²) in [6.07, 6.45) is 0.705. The van der Waals surface area contributed by atoms with Crippen molar-refractivity contribution in [2.75, 3.05) is 18.5 Å². The molecule has 1 aromatic rings. The van der Waals surface area contributed by atoms with Gasteiger partial charge >= 0.3 is 11.9 Å². The lowest BCUT2D eigenvalue weighted by atomic mass is 9.57. The van der Waals surface area contributed by atoms with E-state index in [2.05, 4.69) is 5.32 Å². The highest BCUT2D eigenvalue weighted by Gasteiger charge is 2.75. The van der Waals surface area contributed by atoms with Gasteiger partial charge in [-0.3, -0.25) is 14.4 Å². The highest BCUT2D eigenvalue weighted by Crippen LogP contribution is 2.66. The van der Waals surface area contributed by atoms with E-state index in [0.29, 0.717) is 36.8 Å². The van der Waals surface area contributed by atoms with Crippen molar-refractivity contribution in [3.63, 3.8) is 0 Å². The van der Waals surface area contributed by atoms with Crippen molar-refractivity contribution in [2.45, 2.75) is 33.6 Å². The van der Waals surface area contributed by atoms with E-state index < -0.39 is 34.1 Å². The van der Waals surface area contributed by atoms with Gasteiger partial charge < -0.3 is 19.5 Å². The summed E-state index contributed by atoms with van der Waals surface area (Å²) >= 11 is 0. The average molecular weight is 359 g/mol. The van der Waals surface area contributed by atoms with Crippen molar-refractivity contribution in [3.8, 4) is 11.5 Å². The van der Waals surface area contributed by atoms with E-state index in [1.54, 1.807) is 39.0 Å². The number of rotatable bonds is 2. The maximum Gasteiger partial charge on any atom is 0.329 e. The molecule has 0 spiro atoms. The second-order valence-corrected chi connectivity index (χ2v) is 7.85. The lowest BCUT2D eigenvalue weighted by molar-refractivity contribution is -0.195. The molecule has 2 fully saturated rings. The summed E-state index contributed by atoms with van der Waals surface area (Å²) in [5.74, 6) is -0.613. The van der Waals surface area contributed by atoms with E-state index in [0.717, 1.165) is 0 Å². The molecular formula is C19H21NO6. The number of hydrogen-bond donors (Lipinski definition) is 1. The molecule has 0 radical (unpaired) electrons. The van der Waals surface area contributed by atoms with Gasteiger partial charge in [0.05, 0.1) is 5.41 Å². The number of benzene rings is 1. The number of hydrogen-bond acceptors (Lipinski definition) is 6. The quantitative estimate of drug-likeness (QED) is 0.644. The first-order chi connectivity index (χ1) is 12.2. The van der Waals surface area contributed by atoms with Crippen LogP contribution in [0, 0.1) is 16.2 Å². The maximum absolute atomic E-state index is 13.2. The van der Waals surface area contributed by atoms with E-state index in [1.165, 1.54) is 0 Å². The van der Waals surface area contributed by atoms with Gasteiger partial charge in [-0.2, -0.15) is 0 Å². The molecular weight excluding hydrogens is 338 g/mol. The molecule has 138 valence electrons. The monoisotopic (exact) mass is 359 g/mol. The fourth-order valence-electron chi connectivity index (χ4n) is 4.38. The number of amides is 1. The Kier molecular flexibility index (Phi) is 3.39. The Morgan fingerprint density at radius 2 is 1.69 bits per heavy atom. The minimum Gasteiger partial charge on any atom is -0.486 e. The van der Waals surface area contributed by atoms with Gasteiger partial charge in [0, 0.05) is 17.2 Å². The highest BCUT2D eigenvalue weighted by atomic mass is 16.6. The van der Waals surface area contributed by atoms with Gasteiger partial charge in [0.25, 0.3) is 0 Å². The lowest BCUT2D eigenvalue weighted by Crippen LogP contribution is -2.60. The lowest BCUT2D eigenvalue weighted by Gasteiger charge is -2.48. The third-order valence-electron chi connectivity index (χ3n) is 6.62. The number of cyclic esters (lactones) is 2. The molecule has 2 atom stereocenters. The minimum atomic E-state index is -1.40. The molecule has 2 aliphatic heterocycles. The molecule has 7 nitrogen and oxygen atoms in total. The molecule has 3 aliphatic rings. The SMILES string of the molecule is CC12CCC(C(=O)Nc3ccc4c(c3)OCCO4)(C(=O)OC1=O)C2(C)C. The van der Waals surface area contributed by atoms with Crippen LogP contribution in [0.4, 0.5) is 5.69 Å². The molecule has 2 unspecified atom stereocenters. The van der Waals surface area contributed by atoms with E-state index in [4.69, 9.17) is 14.2 Å². The van der Waals surface area contributed by atoms with Gasteiger partial charge in [0.1, 0.15) is 13.2 Å². The minimum absolute atomic E-state index is 0.275. The first-order valence-corrected chi connectivity index (χ1v) is 8.70. The fraction of sp³-hybridized carbons (Fsp3) is 0.526. The number of ether oxygens (including phenoxy) is 3. The smallest absolute Gasteiger partial charge is 0.329 e. The molecule has 1 saturated heterocycles. The number of carbonyl (C=O) groups is 3. The van der Waals surface area contributed by atoms with Gasteiger partial charge in [-0.1, -0.05) is 13.8 Å². The number of carbonyl (C=O) groups excluding carboxylic acids is 3. The molecule has 1 amide bonds. The fourth-order valence-corrected chi connectivity index (χ4v) is 4.38. The normalized spacial score (nSPS) is 31.3. The third-order valence-corrected chi connectivity index (χ3v) is 6.62. The zero-order valence-electron chi connectivity index (χ0n) is 15.0. The predicted octanol–water partition coefficient (Wildman–Crippen LogP) is 2.29. The Morgan fingerprint density at radius 3 is 2.42 bits per heavy atom. The summed E-state index contributed by atoms with van der Waals surface area (Å²) in [5.41, 5.74) is -2.62. The average Bonchev–Trinajstić information content (AvgIpc) is 2.75. The van der Waals surface area contributed by atoms with Crippen LogP contribution in [0.25, 0.3) is 0 Å². The Morgan fingerprint density at radius 1 is 1.00 bits per heavy atom. The molecule has 1 aliphatic carbocycles. The number of fused-ring (bicyclic) bond motifs is 3. The van der Waals surface area contributed by atoms with E-state index in [-0.39, 0.29) is 6.42 Å². The number of nitrogens with one attached hydrogen (secondary N) is 1. The molecule has 0 aromatic heterocycles. The summed E-state index contributed by atoms with van der Waals surface area (Å²) in [6, 6.07) is 5.08. The standard InChI is InChI=1S/C19H21NO6/c1-17(2)18(3)6-7-19(17,16(23)26-15(18)22)14(21)20-11-4-5-12-13(10-11)25-9-8-24-12/h4-5,10H,6-9H2,1-3H3,(H,20,21). The van der Waals surface area contributed by atoms with E-state index in [1.807, 2.05) is 0 Å². The van der Waals surface area contributed by atoms with Gasteiger partial charge in [-0.15, -0.1) is 0 Å². The van der Waals surface area contributed by atoms with Crippen LogP contribution in [0.3, 0.4) is 0 Å². The van der Waals surface area contributed by atoms with Crippen molar-refractivity contribution < 1.29 is 28.6 Å². The Bertz CT molecular complexity index is 831. The Hall–Kier alpha value is -2.57. The largest absolute Gasteiger partial charge is 0.486 e. The van der Waals surface area contributed by atoms with Crippen LogP contribution in [0.1, 0.15) is 33.6 Å². The summed E-state index contributed by atoms with van der Waals surface area (Å²) < 4.78 is 16.0. The predicted molar refractivity (Wildman–Crippen MR) is 90.7 cm³/mol. The molecule has 1 saturated carbocycles. The topological polar surface area (TPSA) is 90.9 Å². The second kappa shape index (κ2) is 5.22. The number of anilines is 1. The molecule has 1 N–H and O–H groups in total. The molecule has 4 rings (SSSR count). The molecule has 26 heavy (non-hydrogen) atoms. The van der Waals surface area contributed by atoms with Crippen LogP contribution in [-0.4, -0.2) is 31.1 Å². The number of esters is 2. The molecule has 7 heteroatoms. The van der Waals surface area contributed by atoms with Crippen LogP contribution in [0.15, 0.2) is 18.2 Å². The zero-order valence-corrected chi connectivity index (χ0v) is 15.0. The van der Waals surface area contributed by atoms with Crippen LogP contribution >= 0.6 is 0 Å². The van der Waals surface area contributed by atoms with Crippen LogP contribution in [0.2, 0.25) is 0 Å². The van der Waals surface area contributed by atoms with Crippen molar-refractivity contribution >= 4 is 23.5 Å². The summed E-state index contributed by atoms with van der Waals surface area (Å²) in [7, 11) is 0. The summed E-state index contributed by atoms with van der Waals surface area (Å²) in [4.78, 5) is 38.1. The van der Waals surface area contributed by atoms with Gasteiger partial charge in [-0.25, -0.2) is 0 Å². The summed E-state index contributed by atoms with van der Waals surface area (Å²) in [5, 5.41) is 2.81. The Labute approximate surface area is 151 Å². The van der Waals surface area contributed by atoms with Crippen LogP contribution < -0.4 is 14.8 Å². The Balaban J connectivity index is 1.67. The van der Waals surface area contributed by atoms with E-state index in [9.17, 15) is 14.4 Å². The second-order valence-electron chi connectivity index (χ2n) is 7.85. The molecule has 1 aromatic carbocycles. The van der Waals surface area contributed by atoms with Crippen molar-refractivity contribution in [3.05, 3.63) is 18.2 Å². The highest BCUT2D eigenvalue weighted by molar-refractivity contribution is 6.15. The molecule has 2 bridgehead atoms. The first-order valence-electron chi connectivity index (χ1n) is 8.70. The molecule has 2 heterocycles. The van der Waals surface area contributed by atoms with Crippen molar-refractivity contribution in [2.24, 2.45) is 16.2 Å². The van der Waals surface area contributed by atoms with Gasteiger partial charge in [0.15, 0.2) is 16.9 Å². The first kappa shape index (κ1) is 16.9. The van der Waals surface area contributed by atoms with Crippen LogP contribution in [-0.2, 0) is 19.1 Å². The van der Waals surface area contributed by atoms with Gasteiger partial charge in [0.2, 0.25) is 5.91 Å². The van der Waals surface area contributed by atoms with Crippen LogP contribution in [0.5, 0.6) is 11.5 Å². The summed E-state index contributed by atoms with van der Waals surface area (Å²) in [6.45, 7) is 6.27. The van der Waals surface area contributed by atoms with Gasteiger partial charge in [-0.05, 0) is 31.9 Å². The van der Waals surface area contributed by atoms with Crippen molar-refractivity contribution in [1.29, 1.82) is 0 Å².